The van der Waals surface area contributed by atoms with Crippen LogP contribution in [0.5, 0.6) is 0 Å². The fourth-order valence-electron chi connectivity index (χ4n) is 4.24. The molecule has 0 aliphatic carbocycles. The molecule has 0 saturated carbocycles. The predicted molar refractivity (Wildman–Crippen MR) is 115 cm³/mol. The number of fused-ring (bicyclic) bond motifs is 3. The molecule has 1 aromatic carbocycles. The van der Waals surface area contributed by atoms with E-state index in [1.807, 2.05) is 36.5 Å². The van der Waals surface area contributed by atoms with E-state index in [9.17, 15) is 9.90 Å². The smallest absolute Gasteiger partial charge is 0.304 e. The first-order valence-electron chi connectivity index (χ1n) is 9.72. The number of nitrogens with zero attached hydrogens (tertiary/aromatic N) is 2. The molecule has 1 aliphatic rings. The van der Waals surface area contributed by atoms with Gasteiger partial charge in [-0.1, -0.05) is 30.3 Å². The molecule has 2 atom stereocenters. The number of pyridine rings is 1. The molecule has 1 aliphatic heterocycles. The number of carbonyl (C=O) groups is 1. The first-order chi connectivity index (χ1) is 14.0. The normalized spacial score (nSPS) is 16.9. The minimum absolute atomic E-state index is 0.0213. The second kappa shape index (κ2) is 8.38. The third-order valence-corrected chi connectivity index (χ3v) is 6.89. The lowest BCUT2D eigenvalue weighted by molar-refractivity contribution is -0.137. The summed E-state index contributed by atoms with van der Waals surface area (Å²) in [6, 6.07) is 9.76. The summed E-state index contributed by atoms with van der Waals surface area (Å²) < 4.78 is 7.95. The van der Waals surface area contributed by atoms with E-state index in [0.717, 1.165) is 51.5 Å². The minimum Gasteiger partial charge on any atom is -0.481 e. The van der Waals surface area contributed by atoms with Crippen molar-refractivity contribution in [2.75, 3.05) is 7.11 Å². The molecule has 4 rings (SSSR count). The molecule has 1 N–H and O–H groups in total. The molecule has 152 valence electrons. The molecule has 0 saturated heterocycles. The number of methoxy groups -OCH3 is 1. The molecule has 29 heavy (non-hydrogen) atoms. The van der Waals surface area contributed by atoms with Gasteiger partial charge < -0.3 is 14.4 Å². The summed E-state index contributed by atoms with van der Waals surface area (Å²) in [5, 5.41) is 11.2. The maximum atomic E-state index is 11.5. The van der Waals surface area contributed by atoms with Crippen LogP contribution in [0, 0.1) is 0 Å². The van der Waals surface area contributed by atoms with Gasteiger partial charge in [-0.2, -0.15) is 0 Å². The molecule has 0 spiro atoms. The second-order valence-corrected chi connectivity index (χ2v) is 8.76. The topological polar surface area (TPSA) is 64.4 Å². The molecule has 0 amide bonds. The number of aromatic nitrogens is 2. The van der Waals surface area contributed by atoms with Crippen molar-refractivity contribution in [3.63, 3.8) is 0 Å². The number of aryl methyl sites for hydroxylation is 1. The maximum absolute atomic E-state index is 11.5. The first-order valence-corrected chi connectivity index (χ1v) is 10.9. The van der Waals surface area contributed by atoms with Gasteiger partial charge in [0.1, 0.15) is 5.65 Å². The highest BCUT2D eigenvalue weighted by Crippen LogP contribution is 2.48. The first kappa shape index (κ1) is 20.3. The van der Waals surface area contributed by atoms with Crippen LogP contribution in [0.4, 0.5) is 0 Å². The lowest BCUT2D eigenvalue weighted by Gasteiger charge is -2.16. The van der Waals surface area contributed by atoms with E-state index in [-0.39, 0.29) is 18.4 Å². The molecule has 0 bridgehead atoms. The molecular formula is C22H23ClN2O3S. The molecule has 7 heteroatoms. The molecule has 0 fully saturated rings. The fraction of sp³-hybridized carbons (Fsp3) is 0.364. The average molecular weight is 431 g/mol. The molecule has 2 aromatic heterocycles. The zero-order chi connectivity index (χ0) is 20.5. The highest BCUT2D eigenvalue weighted by atomic mass is 35.5. The van der Waals surface area contributed by atoms with Gasteiger partial charge in [-0.15, -0.1) is 0 Å². The van der Waals surface area contributed by atoms with Crippen LogP contribution in [-0.4, -0.2) is 27.7 Å². The van der Waals surface area contributed by atoms with Crippen LogP contribution in [0.25, 0.3) is 11.0 Å². The van der Waals surface area contributed by atoms with Gasteiger partial charge in [0.15, 0.2) is 0 Å². The molecular weight excluding hydrogens is 408 g/mol. The standard InChI is InChI=1S/C22H23ClN2O3S/c1-3-17(28-2)16-8-10-24-22-19(16)21(29-15-6-4-14(23)5-7-15)20-13(12-18(26)27)9-11-25(20)22/h4-8,10,13,17H,3,9,11-12H2,1-2H3,(H,26,27). The van der Waals surface area contributed by atoms with Crippen LogP contribution < -0.4 is 0 Å². The third kappa shape index (κ3) is 3.77. The summed E-state index contributed by atoms with van der Waals surface area (Å²) in [6.07, 6.45) is 3.58. The van der Waals surface area contributed by atoms with E-state index >= 15 is 0 Å². The number of carboxylic acids is 1. The third-order valence-electron chi connectivity index (χ3n) is 5.51. The molecule has 3 aromatic rings. The largest absolute Gasteiger partial charge is 0.481 e. The number of hydrogen-bond donors (Lipinski definition) is 1. The summed E-state index contributed by atoms with van der Waals surface area (Å²) in [4.78, 5) is 18.3. The van der Waals surface area contributed by atoms with Crippen molar-refractivity contribution in [2.24, 2.45) is 0 Å². The summed E-state index contributed by atoms with van der Waals surface area (Å²) in [5.74, 6) is -0.792. The Morgan fingerprint density at radius 1 is 1.38 bits per heavy atom. The SMILES string of the molecule is CCC(OC)c1ccnc2c1c(Sc1ccc(Cl)cc1)c1n2CCC1CC(=O)O. The van der Waals surface area contributed by atoms with Crippen LogP contribution in [0.15, 0.2) is 46.3 Å². The van der Waals surface area contributed by atoms with Crippen LogP contribution in [0.3, 0.4) is 0 Å². The van der Waals surface area contributed by atoms with Gasteiger partial charge in [0, 0.05) is 51.7 Å². The van der Waals surface area contributed by atoms with Gasteiger partial charge in [0.2, 0.25) is 0 Å². The molecule has 0 radical (unpaired) electrons. The van der Waals surface area contributed by atoms with E-state index in [4.69, 9.17) is 16.3 Å². The number of halogens is 1. The van der Waals surface area contributed by atoms with Crippen molar-refractivity contribution in [3.8, 4) is 0 Å². The number of benzene rings is 1. The monoisotopic (exact) mass is 430 g/mol. The Labute approximate surface area is 179 Å². The second-order valence-electron chi connectivity index (χ2n) is 7.24. The van der Waals surface area contributed by atoms with Crippen LogP contribution in [0.2, 0.25) is 5.02 Å². The van der Waals surface area contributed by atoms with Crippen LogP contribution >= 0.6 is 23.4 Å². The van der Waals surface area contributed by atoms with Crippen molar-refractivity contribution in [1.29, 1.82) is 0 Å². The van der Waals surface area contributed by atoms with Crippen molar-refractivity contribution in [2.45, 2.75) is 54.5 Å². The van der Waals surface area contributed by atoms with E-state index in [0.29, 0.717) is 5.02 Å². The summed E-state index contributed by atoms with van der Waals surface area (Å²) >= 11 is 7.72. The molecule has 3 heterocycles. The van der Waals surface area contributed by atoms with Crippen molar-refractivity contribution in [3.05, 3.63) is 52.8 Å². The Morgan fingerprint density at radius 3 is 2.79 bits per heavy atom. The average Bonchev–Trinajstić information content (AvgIpc) is 3.24. The van der Waals surface area contributed by atoms with Gasteiger partial charge in [0.25, 0.3) is 0 Å². The number of carboxylic acid groups (broad SMARTS) is 1. The number of ether oxygens (including phenoxy) is 1. The summed E-state index contributed by atoms with van der Waals surface area (Å²) in [6.45, 7) is 2.88. The number of aliphatic carboxylic acids is 1. The van der Waals surface area contributed by atoms with E-state index < -0.39 is 5.97 Å². The Kier molecular flexibility index (Phi) is 5.86. The summed E-state index contributed by atoms with van der Waals surface area (Å²) in [7, 11) is 1.73. The number of rotatable bonds is 7. The quantitative estimate of drug-likeness (QED) is 0.505. The van der Waals surface area contributed by atoms with Crippen LogP contribution in [-0.2, 0) is 16.1 Å². The Balaban J connectivity index is 1.93. The zero-order valence-electron chi connectivity index (χ0n) is 16.4. The molecule has 2 unspecified atom stereocenters. The van der Waals surface area contributed by atoms with Gasteiger partial charge in [-0.3, -0.25) is 4.79 Å². The highest BCUT2D eigenvalue weighted by Gasteiger charge is 2.33. The fourth-order valence-corrected chi connectivity index (χ4v) is 5.56. The maximum Gasteiger partial charge on any atom is 0.304 e. The zero-order valence-corrected chi connectivity index (χ0v) is 18.0. The van der Waals surface area contributed by atoms with E-state index in [1.54, 1.807) is 18.9 Å². The van der Waals surface area contributed by atoms with E-state index in [1.165, 1.54) is 0 Å². The number of hydrogen-bond acceptors (Lipinski definition) is 4. The lowest BCUT2D eigenvalue weighted by Crippen LogP contribution is -2.04. The predicted octanol–water partition coefficient (Wildman–Crippen LogP) is 5.90. The van der Waals surface area contributed by atoms with Gasteiger partial charge >= 0.3 is 5.97 Å². The highest BCUT2D eigenvalue weighted by molar-refractivity contribution is 7.99. The minimum atomic E-state index is -0.771. The van der Waals surface area contributed by atoms with Gasteiger partial charge in [0.05, 0.1) is 12.5 Å². The van der Waals surface area contributed by atoms with Gasteiger partial charge in [-0.25, -0.2) is 4.98 Å². The van der Waals surface area contributed by atoms with E-state index in [2.05, 4.69) is 16.5 Å². The summed E-state index contributed by atoms with van der Waals surface area (Å²) in [5.41, 5.74) is 3.10. The van der Waals surface area contributed by atoms with Crippen molar-refractivity contribution < 1.29 is 14.6 Å². The van der Waals surface area contributed by atoms with Crippen LogP contribution in [0.1, 0.15) is 49.5 Å². The van der Waals surface area contributed by atoms with Crippen molar-refractivity contribution >= 4 is 40.4 Å². The Morgan fingerprint density at radius 2 is 2.14 bits per heavy atom. The Bertz CT molecular complexity index is 1040. The van der Waals surface area contributed by atoms with Crippen molar-refractivity contribution in [1.82, 2.24) is 9.55 Å². The molecule has 5 nitrogen and oxygen atoms in total. The van der Waals surface area contributed by atoms with Gasteiger partial charge in [-0.05, 0) is 48.7 Å². The Hall–Kier alpha value is -2.02. The lowest BCUT2D eigenvalue weighted by atomic mass is 9.98.